The zero-order valence-corrected chi connectivity index (χ0v) is 10.2. The topological polar surface area (TPSA) is 34.1 Å². The maximum atomic E-state index is 12.2. The van der Waals surface area contributed by atoms with E-state index in [-0.39, 0.29) is 17.3 Å². The molecule has 2 heteroatoms. The lowest BCUT2D eigenvalue weighted by molar-refractivity contribution is -0.158. The lowest BCUT2D eigenvalue weighted by Gasteiger charge is -2.56. The molecule has 0 aromatic rings. The Balaban J connectivity index is 2.00. The highest BCUT2D eigenvalue weighted by Crippen LogP contribution is 2.58. The third kappa shape index (κ3) is 1.25. The molecule has 0 saturated heterocycles. The summed E-state index contributed by atoms with van der Waals surface area (Å²) in [5.41, 5.74) is 0.00766. The minimum atomic E-state index is 0.00766. The molecule has 0 spiro atoms. The third-order valence-corrected chi connectivity index (χ3v) is 5.28. The molecule has 2 nitrogen and oxygen atoms in total. The van der Waals surface area contributed by atoms with Crippen LogP contribution in [0.3, 0.4) is 0 Å². The van der Waals surface area contributed by atoms with Crippen LogP contribution >= 0.6 is 0 Å². The van der Waals surface area contributed by atoms with E-state index in [0.29, 0.717) is 29.8 Å². The van der Waals surface area contributed by atoms with Crippen molar-refractivity contribution in [1.82, 2.24) is 0 Å². The summed E-state index contributed by atoms with van der Waals surface area (Å²) in [6.07, 6.45) is 4.64. The molecule has 5 unspecified atom stereocenters. The monoisotopic (exact) mass is 220 g/mol. The molecule has 2 bridgehead atoms. The van der Waals surface area contributed by atoms with E-state index in [1.807, 2.05) is 0 Å². The number of rotatable bonds is 0. The van der Waals surface area contributed by atoms with Crippen molar-refractivity contribution in [3.63, 3.8) is 0 Å². The standard InChI is InChI=1S/C14H20O2/c1-8-5-10-9-3-4-14(2,7-12(9)16)13(10)11(15)6-8/h8-10,13H,3-7H2,1-2H3. The fraction of sp³-hybridized carbons (Fsp3) is 0.857. The van der Waals surface area contributed by atoms with Gasteiger partial charge in [0.1, 0.15) is 11.6 Å². The molecular formula is C14H20O2. The predicted octanol–water partition coefficient (Wildman–Crippen LogP) is 2.61. The smallest absolute Gasteiger partial charge is 0.137 e. The van der Waals surface area contributed by atoms with Gasteiger partial charge in [-0.15, -0.1) is 0 Å². The number of carbonyl (C=O) groups is 2. The Kier molecular flexibility index (Phi) is 2.08. The van der Waals surface area contributed by atoms with Crippen molar-refractivity contribution in [2.75, 3.05) is 0 Å². The van der Waals surface area contributed by atoms with E-state index >= 15 is 0 Å². The number of ketones is 2. The van der Waals surface area contributed by atoms with Gasteiger partial charge in [-0.3, -0.25) is 9.59 Å². The summed E-state index contributed by atoms with van der Waals surface area (Å²) in [7, 11) is 0. The van der Waals surface area contributed by atoms with Crippen LogP contribution in [0.25, 0.3) is 0 Å². The second-order valence-electron chi connectivity index (χ2n) is 6.60. The van der Waals surface area contributed by atoms with Gasteiger partial charge in [0.2, 0.25) is 0 Å². The van der Waals surface area contributed by atoms with Gasteiger partial charge in [0.15, 0.2) is 0 Å². The first-order valence-electron chi connectivity index (χ1n) is 6.57. The van der Waals surface area contributed by atoms with Crippen LogP contribution < -0.4 is 0 Å². The molecule has 0 aliphatic heterocycles. The first-order chi connectivity index (χ1) is 7.51. The Morgan fingerprint density at radius 2 is 2.00 bits per heavy atom. The van der Waals surface area contributed by atoms with Crippen molar-refractivity contribution in [3.05, 3.63) is 0 Å². The molecule has 0 heterocycles. The van der Waals surface area contributed by atoms with Crippen molar-refractivity contribution >= 4 is 11.6 Å². The molecule has 0 amide bonds. The molecule has 0 N–H and O–H groups in total. The molecule has 4 fully saturated rings. The largest absolute Gasteiger partial charge is 0.299 e. The normalized spacial score (nSPS) is 51.6. The molecule has 88 valence electrons. The summed E-state index contributed by atoms with van der Waals surface area (Å²) < 4.78 is 0. The van der Waals surface area contributed by atoms with Crippen molar-refractivity contribution < 1.29 is 9.59 Å². The van der Waals surface area contributed by atoms with Crippen LogP contribution in [0.5, 0.6) is 0 Å². The van der Waals surface area contributed by atoms with Crippen LogP contribution in [-0.2, 0) is 9.59 Å². The molecule has 4 aliphatic rings. The van der Waals surface area contributed by atoms with Gasteiger partial charge >= 0.3 is 0 Å². The highest BCUT2D eigenvalue weighted by Gasteiger charge is 2.58. The highest BCUT2D eigenvalue weighted by atomic mass is 16.1. The Hall–Kier alpha value is -0.660. The van der Waals surface area contributed by atoms with E-state index in [4.69, 9.17) is 0 Å². The van der Waals surface area contributed by atoms with Crippen LogP contribution in [-0.4, -0.2) is 11.6 Å². The average Bonchev–Trinajstić information content (AvgIpc) is 2.14. The fourth-order valence-corrected chi connectivity index (χ4v) is 4.68. The van der Waals surface area contributed by atoms with Crippen molar-refractivity contribution in [2.24, 2.45) is 29.1 Å². The van der Waals surface area contributed by atoms with E-state index in [2.05, 4.69) is 13.8 Å². The second kappa shape index (κ2) is 3.18. The Bertz CT molecular complexity index is 360. The third-order valence-electron chi connectivity index (χ3n) is 5.28. The molecule has 0 aromatic carbocycles. The van der Waals surface area contributed by atoms with Crippen LogP contribution in [0.1, 0.15) is 46.0 Å². The molecule has 16 heavy (non-hydrogen) atoms. The molecule has 0 aromatic heterocycles. The second-order valence-corrected chi connectivity index (χ2v) is 6.60. The van der Waals surface area contributed by atoms with Crippen molar-refractivity contribution in [3.8, 4) is 0 Å². The van der Waals surface area contributed by atoms with Crippen LogP contribution in [0.2, 0.25) is 0 Å². The summed E-state index contributed by atoms with van der Waals surface area (Å²) in [6.45, 7) is 4.33. The van der Waals surface area contributed by atoms with E-state index < -0.39 is 0 Å². The average molecular weight is 220 g/mol. The summed E-state index contributed by atoms with van der Waals surface area (Å²) in [5, 5.41) is 0. The number of fused-ring (bicyclic) bond motifs is 2. The van der Waals surface area contributed by atoms with Crippen molar-refractivity contribution in [1.29, 1.82) is 0 Å². The predicted molar refractivity (Wildman–Crippen MR) is 60.8 cm³/mol. The lowest BCUT2D eigenvalue weighted by Crippen LogP contribution is -2.56. The number of carbonyl (C=O) groups excluding carboxylic acids is 2. The molecule has 0 radical (unpaired) electrons. The summed E-state index contributed by atoms with van der Waals surface area (Å²) in [5.74, 6) is 2.19. The Morgan fingerprint density at radius 3 is 2.69 bits per heavy atom. The molecule has 4 saturated carbocycles. The first kappa shape index (κ1) is 10.5. The Morgan fingerprint density at radius 1 is 1.25 bits per heavy atom. The SMILES string of the molecule is CC1CC(=O)C2C(C1)C1CCC2(C)CC1=O. The Labute approximate surface area is 96.8 Å². The van der Waals surface area contributed by atoms with E-state index in [1.54, 1.807) is 0 Å². The van der Waals surface area contributed by atoms with Gasteiger partial charge in [0.05, 0.1) is 0 Å². The highest BCUT2D eigenvalue weighted by molar-refractivity contribution is 5.90. The van der Waals surface area contributed by atoms with Crippen molar-refractivity contribution in [2.45, 2.75) is 46.0 Å². The minimum Gasteiger partial charge on any atom is -0.299 e. The zero-order valence-electron chi connectivity index (χ0n) is 10.2. The first-order valence-corrected chi connectivity index (χ1v) is 6.57. The number of hydrogen-bond acceptors (Lipinski definition) is 2. The summed E-state index contributed by atoms with van der Waals surface area (Å²) >= 11 is 0. The quantitative estimate of drug-likeness (QED) is 0.629. The van der Waals surface area contributed by atoms with E-state index in [1.165, 1.54) is 0 Å². The van der Waals surface area contributed by atoms with Gasteiger partial charge in [-0.25, -0.2) is 0 Å². The molecule has 4 aliphatic carbocycles. The zero-order chi connectivity index (χ0) is 11.5. The van der Waals surface area contributed by atoms with Gasteiger partial charge in [-0.05, 0) is 36.5 Å². The maximum Gasteiger partial charge on any atom is 0.137 e. The lowest BCUT2D eigenvalue weighted by atomic mass is 9.46. The fourth-order valence-electron chi connectivity index (χ4n) is 4.68. The van der Waals surface area contributed by atoms with Crippen LogP contribution in [0.4, 0.5) is 0 Å². The minimum absolute atomic E-state index is 0.00766. The number of Topliss-reactive ketones (excluding diaryl/α,β-unsaturated/α-hetero) is 2. The summed E-state index contributed by atoms with van der Waals surface area (Å²) in [6, 6.07) is 0. The molecular weight excluding hydrogens is 200 g/mol. The van der Waals surface area contributed by atoms with Gasteiger partial charge in [-0.1, -0.05) is 13.8 Å². The van der Waals surface area contributed by atoms with Gasteiger partial charge < -0.3 is 0 Å². The maximum absolute atomic E-state index is 12.2. The van der Waals surface area contributed by atoms with Gasteiger partial charge in [0, 0.05) is 24.7 Å². The van der Waals surface area contributed by atoms with Gasteiger partial charge in [-0.2, -0.15) is 0 Å². The molecule has 4 rings (SSSR count). The van der Waals surface area contributed by atoms with Crippen LogP contribution in [0, 0.1) is 29.1 Å². The van der Waals surface area contributed by atoms with Gasteiger partial charge in [0.25, 0.3) is 0 Å². The summed E-state index contributed by atoms with van der Waals surface area (Å²) in [4.78, 5) is 24.2. The molecule has 5 atom stereocenters. The van der Waals surface area contributed by atoms with E-state index in [9.17, 15) is 9.59 Å². The number of hydrogen-bond donors (Lipinski definition) is 0. The van der Waals surface area contributed by atoms with E-state index in [0.717, 1.165) is 25.7 Å². The van der Waals surface area contributed by atoms with Crippen LogP contribution in [0.15, 0.2) is 0 Å².